The summed E-state index contributed by atoms with van der Waals surface area (Å²) in [5.74, 6) is 0.646. The number of methoxy groups -OCH3 is 1. The predicted molar refractivity (Wildman–Crippen MR) is 85.0 cm³/mol. The van der Waals surface area contributed by atoms with Crippen LogP contribution in [0.1, 0.15) is 24.1 Å². The number of benzene rings is 1. The highest BCUT2D eigenvalue weighted by molar-refractivity contribution is 6.30. The van der Waals surface area contributed by atoms with Gasteiger partial charge in [-0.25, -0.2) is 4.79 Å². The van der Waals surface area contributed by atoms with Crippen molar-refractivity contribution >= 4 is 17.6 Å². The second-order valence-corrected chi connectivity index (χ2v) is 5.39. The van der Waals surface area contributed by atoms with Gasteiger partial charge in [0.25, 0.3) is 0 Å². The normalized spacial score (nSPS) is 11.8. The van der Waals surface area contributed by atoms with Gasteiger partial charge in [-0.2, -0.15) is 5.10 Å². The number of ether oxygens (including phenoxy) is 1. The third-order valence-corrected chi connectivity index (χ3v) is 3.50. The molecule has 1 aromatic carbocycles. The van der Waals surface area contributed by atoms with Crippen molar-refractivity contribution in [3.05, 3.63) is 46.7 Å². The van der Waals surface area contributed by atoms with Crippen molar-refractivity contribution in [2.24, 2.45) is 7.05 Å². The van der Waals surface area contributed by atoms with Crippen LogP contribution in [0.4, 0.5) is 4.79 Å². The van der Waals surface area contributed by atoms with Gasteiger partial charge < -0.3 is 15.4 Å². The summed E-state index contributed by atoms with van der Waals surface area (Å²) >= 11 is 5.91. The summed E-state index contributed by atoms with van der Waals surface area (Å²) < 4.78 is 6.94. The molecule has 1 atom stereocenters. The maximum absolute atomic E-state index is 12.0. The molecular weight excluding hydrogens is 304 g/mol. The number of hydrogen-bond donors (Lipinski definition) is 2. The summed E-state index contributed by atoms with van der Waals surface area (Å²) in [6.45, 7) is 2.26. The fourth-order valence-electron chi connectivity index (χ4n) is 2.03. The minimum atomic E-state index is -0.256. The van der Waals surface area contributed by atoms with E-state index in [1.54, 1.807) is 30.1 Å². The SMILES string of the molecule is COc1cc(Cl)ccc1CNC(=O)N[C@@H](C)c1cnn(C)c1. The molecule has 0 saturated heterocycles. The van der Waals surface area contributed by atoms with Crippen LogP contribution < -0.4 is 15.4 Å². The van der Waals surface area contributed by atoms with Gasteiger partial charge in [0.15, 0.2) is 0 Å². The molecular formula is C15H19ClN4O2. The molecule has 2 N–H and O–H groups in total. The van der Waals surface area contributed by atoms with Crippen molar-refractivity contribution in [3.8, 4) is 5.75 Å². The van der Waals surface area contributed by atoms with Crippen LogP contribution in [0.3, 0.4) is 0 Å². The topological polar surface area (TPSA) is 68.2 Å². The Morgan fingerprint density at radius 1 is 1.50 bits per heavy atom. The van der Waals surface area contributed by atoms with Gasteiger partial charge in [0.05, 0.1) is 19.3 Å². The third kappa shape index (κ3) is 4.14. The Morgan fingerprint density at radius 3 is 2.91 bits per heavy atom. The number of rotatable bonds is 5. The van der Waals surface area contributed by atoms with E-state index in [-0.39, 0.29) is 12.1 Å². The van der Waals surface area contributed by atoms with Crippen LogP contribution in [0.15, 0.2) is 30.6 Å². The van der Waals surface area contributed by atoms with Crippen LogP contribution in [0.25, 0.3) is 0 Å². The van der Waals surface area contributed by atoms with Crippen LogP contribution in [-0.4, -0.2) is 22.9 Å². The van der Waals surface area contributed by atoms with Gasteiger partial charge in [-0.15, -0.1) is 0 Å². The number of aryl methyl sites for hydroxylation is 1. The molecule has 1 heterocycles. The number of hydrogen-bond acceptors (Lipinski definition) is 3. The Kier molecular flexibility index (Phi) is 5.27. The van der Waals surface area contributed by atoms with Crippen LogP contribution in [-0.2, 0) is 13.6 Å². The molecule has 2 amide bonds. The maximum Gasteiger partial charge on any atom is 0.315 e. The number of carbonyl (C=O) groups is 1. The molecule has 118 valence electrons. The molecule has 0 unspecified atom stereocenters. The number of nitrogens with zero attached hydrogens (tertiary/aromatic N) is 2. The standard InChI is InChI=1S/C15H19ClN4O2/c1-10(12-8-18-20(2)9-12)19-15(21)17-7-11-4-5-13(16)6-14(11)22-3/h4-6,8-10H,7H2,1-3H3,(H2,17,19,21)/t10-/m0/s1. The highest BCUT2D eigenvalue weighted by Gasteiger charge is 2.11. The first-order chi connectivity index (χ1) is 10.5. The molecule has 0 aliphatic heterocycles. The van der Waals surface area contributed by atoms with E-state index in [0.717, 1.165) is 11.1 Å². The average molecular weight is 323 g/mol. The largest absolute Gasteiger partial charge is 0.496 e. The van der Waals surface area contributed by atoms with Gasteiger partial charge in [-0.1, -0.05) is 17.7 Å². The van der Waals surface area contributed by atoms with E-state index in [4.69, 9.17) is 16.3 Å². The lowest BCUT2D eigenvalue weighted by Gasteiger charge is -2.14. The van der Waals surface area contributed by atoms with E-state index >= 15 is 0 Å². The third-order valence-electron chi connectivity index (χ3n) is 3.26. The van der Waals surface area contributed by atoms with Crippen LogP contribution >= 0.6 is 11.6 Å². The summed E-state index contributed by atoms with van der Waals surface area (Å²) in [7, 11) is 3.41. The summed E-state index contributed by atoms with van der Waals surface area (Å²) in [5, 5.41) is 10.3. The Hall–Kier alpha value is -2.21. The zero-order valence-electron chi connectivity index (χ0n) is 12.8. The Bertz CT molecular complexity index is 657. The molecule has 0 bridgehead atoms. The molecule has 6 nitrogen and oxygen atoms in total. The zero-order chi connectivity index (χ0) is 16.1. The van der Waals surface area contributed by atoms with Crippen LogP contribution in [0.5, 0.6) is 5.75 Å². The Labute approximate surface area is 134 Å². The Balaban J connectivity index is 1.90. The summed E-state index contributed by atoms with van der Waals surface area (Å²) in [6, 6.07) is 4.92. The van der Waals surface area contributed by atoms with E-state index in [1.165, 1.54) is 0 Å². The monoisotopic (exact) mass is 322 g/mol. The first-order valence-corrected chi connectivity index (χ1v) is 7.22. The highest BCUT2D eigenvalue weighted by atomic mass is 35.5. The number of aromatic nitrogens is 2. The van der Waals surface area contributed by atoms with E-state index in [0.29, 0.717) is 17.3 Å². The zero-order valence-corrected chi connectivity index (χ0v) is 13.5. The van der Waals surface area contributed by atoms with Crippen LogP contribution in [0.2, 0.25) is 5.02 Å². The number of nitrogens with one attached hydrogen (secondary N) is 2. The van der Waals surface area contributed by atoms with Crippen molar-refractivity contribution in [2.45, 2.75) is 19.5 Å². The number of halogens is 1. The van der Waals surface area contributed by atoms with Crippen molar-refractivity contribution in [1.82, 2.24) is 20.4 Å². The highest BCUT2D eigenvalue weighted by Crippen LogP contribution is 2.22. The van der Waals surface area contributed by atoms with Gasteiger partial charge in [0.1, 0.15) is 5.75 Å². The molecule has 2 rings (SSSR count). The first-order valence-electron chi connectivity index (χ1n) is 6.85. The molecule has 0 aliphatic carbocycles. The molecule has 22 heavy (non-hydrogen) atoms. The average Bonchev–Trinajstić information content (AvgIpc) is 2.92. The Morgan fingerprint density at radius 2 is 2.27 bits per heavy atom. The van der Waals surface area contributed by atoms with Crippen molar-refractivity contribution in [2.75, 3.05) is 7.11 Å². The quantitative estimate of drug-likeness (QED) is 0.889. The molecule has 0 saturated carbocycles. The lowest BCUT2D eigenvalue weighted by atomic mass is 10.2. The summed E-state index contributed by atoms with van der Waals surface area (Å²) in [5.41, 5.74) is 1.80. The van der Waals surface area contributed by atoms with Crippen molar-refractivity contribution < 1.29 is 9.53 Å². The second-order valence-electron chi connectivity index (χ2n) is 4.95. The molecule has 7 heteroatoms. The second kappa shape index (κ2) is 7.17. The van der Waals surface area contributed by atoms with Gasteiger partial charge >= 0.3 is 6.03 Å². The number of carbonyl (C=O) groups excluding carboxylic acids is 1. The van der Waals surface area contributed by atoms with Crippen molar-refractivity contribution in [1.29, 1.82) is 0 Å². The lowest BCUT2D eigenvalue weighted by Crippen LogP contribution is -2.36. The van der Waals surface area contributed by atoms with E-state index in [1.807, 2.05) is 26.2 Å². The minimum Gasteiger partial charge on any atom is -0.496 e. The minimum absolute atomic E-state index is 0.124. The van der Waals surface area contributed by atoms with Gasteiger partial charge in [-0.3, -0.25) is 4.68 Å². The van der Waals surface area contributed by atoms with Gasteiger partial charge in [-0.05, 0) is 19.1 Å². The molecule has 0 radical (unpaired) electrons. The van der Waals surface area contributed by atoms with E-state index in [2.05, 4.69) is 15.7 Å². The fourth-order valence-corrected chi connectivity index (χ4v) is 2.20. The molecule has 2 aromatic rings. The van der Waals surface area contributed by atoms with Crippen molar-refractivity contribution in [3.63, 3.8) is 0 Å². The fraction of sp³-hybridized carbons (Fsp3) is 0.333. The summed E-state index contributed by atoms with van der Waals surface area (Å²) in [4.78, 5) is 12.0. The maximum atomic E-state index is 12.0. The number of urea groups is 1. The predicted octanol–water partition coefficient (Wildman–Crippen LogP) is 2.64. The molecule has 0 fully saturated rings. The smallest absolute Gasteiger partial charge is 0.315 e. The molecule has 1 aromatic heterocycles. The van der Waals surface area contributed by atoms with E-state index in [9.17, 15) is 4.79 Å². The lowest BCUT2D eigenvalue weighted by molar-refractivity contribution is 0.237. The number of amides is 2. The van der Waals surface area contributed by atoms with Gasteiger partial charge in [0, 0.05) is 35.9 Å². The summed E-state index contributed by atoms with van der Waals surface area (Å²) in [6.07, 6.45) is 3.60. The molecule has 0 spiro atoms. The van der Waals surface area contributed by atoms with Gasteiger partial charge in [0.2, 0.25) is 0 Å². The van der Waals surface area contributed by atoms with E-state index < -0.39 is 0 Å². The molecule has 0 aliphatic rings. The van der Waals surface area contributed by atoms with Crippen LogP contribution in [0, 0.1) is 0 Å². The first kappa shape index (κ1) is 16.2.